The predicted molar refractivity (Wildman–Crippen MR) is 175 cm³/mol. The summed E-state index contributed by atoms with van der Waals surface area (Å²) in [4.78, 5) is 0. The van der Waals surface area contributed by atoms with Crippen LogP contribution in [0.3, 0.4) is 0 Å². The van der Waals surface area contributed by atoms with Crippen molar-refractivity contribution in [3.63, 3.8) is 0 Å². The smallest absolute Gasteiger partial charge is 0.134 e. The van der Waals surface area contributed by atoms with E-state index in [4.69, 9.17) is 0 Å². The molecule has 0 fully saturated rings. The molecule has 6 rings (SSSR count). The predicted octanol–water partition coefficient (Wildman–Crippen LogP) is 11.3. The van der Waals surface area contributed by atoms with E-state index in [1.807, 2.05) is 13.0 Å². The van der Waals surface area contributed by atoms with Crippen LogP contribution < -0.4 is 0 Å². The number of halogens is 1. The Morgan fingerprint density at radius 3 is 1.57 bits per heavy atom. The second-order valence-electron chi connectivity index (χ2n) is 11.1. The van der Waals surface area contributed by atoms with Gasteiger partial charge < -0.3 is 0 Å². The lowest BCUT2D eigenvalue weighted by atomic mass is 9.91. The van der Waals surface area contributed by atoms with Crippen molar-refractivity contribution in [1.29, 1.82) is 0 Å². The van der Waals surface area contributed by atoms with Gasteiger partial charge in [-0.05, 0) is 129 Å². The minimum atomic E-state index is -0.0731. The van der Waals surface area contributed by atoms with E-state index < -0.39 is 0 Å². The molecule has 0 aliphatic rings. The molecule has 0 amide bonds. The summed E-state index contributed by atoms with van der Waals surface area (Å²) in [7, 11) is 0. The Labute approximate surface area is 238 Å². The Balaban J connectivity index is 0.000000161. The normalized spacial score (nSPS) is 11.4. The first kappa shape index (κ1) is 27.8. The van der Waals surface area contributed by atoms with E-state index in [9.17, 15) is 4.39 Å². The van der Waals surface area contributed by atoms with E-state index >= 15 is 0 Å². The molecule has 0 atom stereocenters. The molecule has 0 bridgehead atoms. The molecule has 0 unspecified atom stereocenters. The van der Waals surface area contributed by atoms with Crippen LogP contribution in [0.5, 0.6) is 0 Å². The van der Waals surface area contributed by atoms with Gasteiger partial charge in [0, 0.05) is 5.39 Å². The summed E-state index contributed by atoms with van der Waals surface area (Å²) < 4.78 is 14.7. The molecule has 40 heavy (non-hydrogen) atoms. The third-order valence-electron chi connectivity index (χ3n) is 8.83. The minimum Gasteiger partial charge on any atom is -0.206 e. The van der Waals surface area contributed by atoms with Gasteiger partial charge in [-0.15, -0.1) is 0 Å². The first-order chi connectivity index (χ1) is 19.3. The maximum absolute atomic E-state index is 14.7. The molecule has 0 heterocycles. The Bertz CT molecular complexity index is 1800. The van der Waals surface area contributed by atoms with Gasteiger partial charge in [0.25, 0.3) is 0 Å². The number of hydrogen-bond acceptors (Lipinski definition) is 0. The van der Waals surface area contributed by atoms with Crippen molar-refractivity contribution < 1.29 is 4.39 Å². The van der Waals surface area contributed by atoms with E-state index in [1.165, 1.54) is 54.9 Å². The number of aryl methyl sites for hydroxylation is 6. The SMILES string of the molecule is CCc1ccc2c(c1)c(C)c(F)c1cc(CC)ccc12.CCc1ccc2c(ccc3c(C)c(CC)c(C)cc32)c1. The molecule has 1 heteroatoms. The summed E-state index contributed by atoms with van der Waals surface area (Å²) in [5.41, 5.74) is 8.98. The number of rotatable bonds is 4. The molecule has 0 saturated carbocycles. The summed E-state index contributed by atoms with van der Waals surface area (Å²) in [6, 6.07) is 26.4. The van der Waals surface area contributed by atoms with Crippen LogP contribution in [0.25, 0.3) is 43.1 Å². The molecule has 204 valence electrons. The van der Waals surface area contributed by atoms with Gasteiger partial charge in [0.1, 0.15) is 5.82 Å². The van der Waals surface area contributed by atoms with Gasteiger partial charge >= 0.3 is 0 Å². The molecular weight excluding hydrogens is 487 g/mol. The van der Waals surface area contributed by atoms with E-state index in [-0.39, 0.29) is 5.82 Å². The molecule has 0 N–H and O–H groups in total. The topological polar surface area (TPSA) is 0 Å². The molecule has 0 aromatic heterocycles. The van der Waals surface area contributed by atoms with Crippen molar-refractivity contribution in [2.24, 2.45) is 0 Å². The highest BCUT2D eigenvalue weighted by Crippen LogP contribution is 2.34. The van der Waals surface area contributed by atoms with Crippen molar-refractivity contribution in [2.75, 3.05) is 0 Å². The fourth-order valence-corrected chi connectivity index (χ4v) is 6.32. The van der Waals surface area contributed by atoms with Crippen molar-refractivity contribution in [3.05, 3.63) is 118 Å². The van der Waals surface area contributed by atoms with Crippen LogP contribution in [-0.4, -0.2) is 0 Å². The quantitative estimate of drug-likeness (QED) is 0.200. The van der Waals surface area contributed by atoms with Crippen LogP contribution in [0.2, 0.25) is 0 Å². The zero-order valence-corrected chi connectivity index (χ0v) is 25.1. The van der Waals surface area contributed by atoms with Gasteiger partial charge in [0.05, 0.1) is 0 Å². The Morgan fingerprint density at radius 1 is 0.450 bits per heavy atom. The van der Waals surface area contributed by atoms with Gasteiger partial charge in [0.15, 0.2) is 0 Å². The highest BCUT2D eigenvalue weighted by atomic mass is 19.1. The largest absolute Gasteiger partial charge is 0.206 e. The van der Waals surface area contributed by atoms with Crippen molar-refractivity contribution in [3.8, 4) is 0 Å². The fourth-order valence-electron chi connectivity index (χ4n) is 6.32. The van der Waals surface area contributed by atoms with Gasteiger partial charge in [-0.1, -0.05) is 94.4 Å². The number of hydrogen-bond donors (Lipinski definition) is 0. The van der Waals surface area contributed by atoms with Crippen LogP contribution in [0.1, 0.15) is 66.6 Å². The van der Waals surface area contributed by atoms with E-state index in [0.29, 0.717) is 0 Å². The fraction of sp³-hybridized carbons (Fsp3) is 0.282. The number of fused-ring (bicyclic) bond motifs is 6. The average molecular weight is 529 g/mol. The summed E-state index contributed by atoms with van der Waals surface area (Å²) in [5, 5.41) is 9.51. The molecule has 0 saturated heterocycles. The zero-order valence-electron chi connectivity index (χ0n) is 25.1. The lowest BCUT2D eigenvalue weighted by molar-refractivity contribution is 0.632. The molecule has 0 aliphatic carbocycles. The highest BCUT2D eigenvalue weighted by Gasteiger charge is 2.12. The van der Waals surface area contributed by atoms with Crippen molar-refractivity contribution in [1.82, 2.24) is 0 Å². The molecular formula is C39H41F. The first-order valence-corrected chi connectivity index (χ1v) is 14.9. The van der Waals surface area contributed by atoms with E-state index in [2.05, 4.69) is 108 Å². The summed E-state index contributed by atoms with van der Waals surface area (Å²) in [5.74, 6) is -0.0731. The lowest BCUT2D eigenvalue weighted by Gasteiger charge is -2.14. The first-order valence-electron chi connectivity index (χ1n) is 14.9. The molecule has 6 aromatic carbocycles. The minimum absolute atomic E-state index is 0.0731. The van der Waals surface area contributed by atoms with Crippen LogP contribution in [0, 0.1) is 26.6 Å². The Morgan fingerprint density at radius 2 is 0.975 bits per heavy atom. The Kier molecular flexibility index (Phi) is 7.95. The van der Waals surface area contributed by atoms with Crippen LogP contribution >= 0.6 is 0 Å². The molecule has 0 radical (unpaired) electrons. The van der Waals surface area contributed by atoms with Crippen molar-refractivity contribution >= 4 is 43.1 Å². The van der Waals surface area contributed by atoms with Gasteiger partial charge in [-0.2, -0.15) is 0 Å². The van der Waals surface area contributed by atoms with Gasteiger partial charge in [0.2, 0.25) is 0 Å². The van der Waals surface area contributed by atoms with Gasteiger partial charge in [-0.3, -0.25) is 0 Å². The summed E-state index contributed by atoms with van der Waals surface area (Å²) >= 11 is 0. The third-order valence-corrected chi connectivity index (χ3v) is 8.83. The maximum Gasteiger partial charge on any atom is 0.134 e. The second kappa shape index (κ2) is 11.4. The third kappa shape index (κ3) is 4.87. The highest BCUT2D eigenvalue weighted by molar-refractivity contribution is 6.10. The van der Waals surface area contributed by atoms with Crippen molar-refractivity contribution in [2.45, 2.75) is 74.1 Å². The van der Waals surface area contributed by atoms with Crippen LogP contribution in [0.15, 0.2) is 72.8 Å². The summed E-state index contributed by atoms with van der Waals surface area (Å²) in [6.07, 6.45) is 4.12. The molecule has 0 spiro atoms. The second-order valence-corrected chi connectivity index (χ2v) is 11.1. The van der Waals surface area contributed by atoms with E-state index in [1.54, 1.807) is 0 Å². The maximum atomic E-state index is 14.7. The number of benzene rings is 6. The van der Waals surface area contributed by atoms with Gasteiger partial charge in [-0.25, -0.2) is 4.39 Å². The molecule has 6 aromatic rings. The Hall–Kier alpha value is -3.71. The molecule has 0 aliphatic heterocycles. The monoisotopic (exact) mass is 528 g/mol. The van der Waals surface area contributed by atoms with Crippen LogP contribution in [0.4, 0.5) is 4.39 Å². The molecule has 0 nitrogen and oxygen atoms in total. The average Bonchev–Trinajstić information content (AvgIpc) is 2.99. The van der Waals surface area contributed by atoms with Crippen LogP contribution in [-0.2, 0) is 25.7 Å². The summed E-state index contributed by atoms with van der Waals surface area (Å²) in [6.45, 7) is 15.1. The lowest BCUT2D eigenvalue weighted by Crippen LogP contribution is -1.94. The van der Waals surface area contributed by atoms with E-state index in [0.717, 1.165) is 52.8 Å². The standard InChI is InChI=1S/C20H22.C19H19F/c1-5-15-7-9-19-16(12-15)8-10-18-14(4)17(6-2)13(3)11-20(18)19;1-4-13-6-8-15-16-9-7-14(5-2)11-18(16)19(20)12(3)17(15)10-13/h7-12H,5-6H2,1-4H3;6-11H,4-5H2,1-3H3. The zero-order chi connectivity index (χ0) is 28.6.